The molecule has 192 valence electrons. The third-order valence-corrected chi connectivity index (χ3v) is 7.17. The lowest BCUT2D eigenvalue weighted by atomic mass is 10.1. The van der Waals surface area contributed by atoms with Gasteiger partial charge < -0.3 is 10.1 Å². The molecule has 1 aromatic heterocycles. The van der Waals surface area contributed by atoms with Gasteiger partial charge in [0.15, 0.2) is 0 Å². The third kappa shape index (κ3) is 8.36. The molecule has 0 saturated carbocycles. The fourth-order valence-electron chi connectivity index (χ4n) is 3.09. The number of amides is 2. The van der Waals surface area contributed by atoms with Crippen molar-refractivity contribution in [3.8, 4) is 21.0 Å². The predicted molar refractivity (Wildman–Crippen MR) is 149 cm³/mol. The highest BCUT2D eigenvalue weighted by Crippen LogP contribution is 2.38. The van der Waals surface area contributed by atoms with Gasteiger partial charge in [0.2, 0.25) is 5.91 Å². The number of ether oxygens (including phenoxy) is 1. The molecular formula is C27H34N4O3S2. The van der Waals surface area contributed by atoms with E-state index in [0.29, 0.717) is 18.7 Å². The van der Waals surface area contributed by atoms with Crippen LogP contribution in [-0.4, -0.2) is 28.6 Å². The molecule has 9 heteroatoms. The highest BCUT2D eigenvalue weighted by molar-refractivity contribution is 7.97. The van der Waals surface area contributed by atoms with Gasteiger partial charge in [-0.3, -0.25) is 14.8 Å². The van der Waals surface area contributed by atoms with Gasteiger partial charge in [-0.05, 0) is 82.5 Å². The molecule has 3 N–H and O–H groups in total. The largest absolute Gasteiger partial charge is 0.447 e. The van der Waals surface area contributed by atoms with Gasteiger partial charge in [0.25, 0.3) is 0 Å². The Bertz CT molecular complexity index is 1180. The van der Waals surface area contributed by atoms with Crippen molar-refractivity contribution in [3.63, 3.8) is 0 Å². The van der Waals surface area contributed by atoms with Crippen LogP contribution >= 0.6 is 23.3 Å². The number of nitrogens with zero attached hydrogens (tertiary/aromatic N) is 1. The van der Waals surface area contributed by atoms with Gasteiger partial charge in [0, 0.05) is 46.4 Å². The van der Waals surface area contributed by atoms with Gasteiger partial charge in [-0.1, -0.05) is 19.1 Å². The zero-order chi connectivity index (χ0) is 26.3. The van der Waals surface area contributed by atoms with Crippen molar-refractivity contribution in [2.75, 3.05) is 5.32 Å². The zero-order valence-corrected chi connectivity index (χ0v) is 23.2. The van der Waals surface area contributed by atoms with Crippen LogP contribution in [0.25, 0.3) is 21.0 Å². The van der Waals surface area contributed by atoms with E-state index in [1.807, 2.05) is 57.3 Å². The Balaban J connectivity index is 1.81. The molecule has 0 saturated heterocycles. The number of hydrogen-bond donors (Lipinski definition) is 3. The van der Waals surface area contributed by atoms with Gasteiger partial charge >= 0.3 is 6.09 Å². The molecular weight excluding hydrogens is 492 g/mol. The number of aromatic nitrogens is 1. The molecule has 0 atom stereocenters. The number of hydrogen-bond acceptors (Lipinski definition) is 7. The predicted octanol–water partition coefficient (Wildman–Crippen LogP) is 6.86. The van der Waals surface area contributed by atoms with Crippen LogP contribution in [0.5, 0.6) is 0 Å². The van der Waals surface area contributed by atoms with Gasteiger partial charge in [0.1, 0.15) is 5.01 Å². The number of carbonyl (C=O) groups is 2. The Morgan fingerprint density at radius 3 is 2.47 bits per heavy atom. The molecule has 0 fully saturated rings. The molecule has 2 amide bonds. The molecule has 0 unspecified atom stereocenters. The van der Waals surface area contributed by atoms with Crippen molar-refractivity contribution in [1.82, 2.24) is 15.0 Å². The molecule has 36 heavy (non-hydrogen) atoms. The van der Waals surface area contributed by atoms with Gasteiger partial charge in [-0.15, -0.1) is 11.3 Å². The van der Waals surface area contributed by atoms with Crippen LogP contribution < -0.4 is 15.4 Å². The van der Waals surface area contributed by atoms with Gasteiger partial charge in [-0.25, -0.2) is 9.78 Å². The lowest BCUT2D eigenvalue weighted by Crippen LogP contribution is -2.29. The minimum absolute atomic E-state index is 0.0335. The van der Waals surface area contributed by atoms with Crippen LogP contribution in [0.4, 0.5) is 10.5 Å². The number of nitrogens with one attached hydrogen (secondary N) is 3. The molecule has 0 spiro atoms. The molecule has 0 bridgehead atoms. The van der Waals surface area contributed by atoms with Crippen LogP contribution in [0.1, 0.15) is 53.5 Å². The summed E-state index contributed by atoms with van der Waals surface area (Å²) in [5.74, 6) is 0.0335. The van der Waals surface area contributed by atoms with Crippen molar-refractivity contribution >= 4 is 41.0 Å². The molecule has 1 heterocycles. The van der Waals surface area contributed by atoms with E-state index >= 15 is 0 Å². The fourth-order valence-corrected chi connectivity index (χ4v) is 5.03. The van der Waals surface area contributed by atoms with Gasteiger partial charge in [0.05, 0.1) is 11.0 Å². The maximum Gasteiger partial charge on any atom is 0.411 e. The summed E-state index contributed by atoms with van der Waals surface area (Å²) in [4.78, 5) is 30.3. The van der Waals surface area contributed by atoms with E-state index in [0.717, 1.165) is 31.5 Å². The fraction of sp³-hybridized carbons (Fsp3) is 0.370. The molecule has 0 aliphatic rings. The van der Waals surface area contributed by atoms with Crippen molar-refractivity contribution in [1.29, 1.82) is 0 Å². The van der Waals surface area contributed by atoms with Crippen molar-refractivity contribution in [2.45, 2.75) is 71.0 Å². The first kappa shape index (κ1) is 27.7. The van der Waals surface area contributed by atoms with Crippen LogP contribution in [0, 0.1) is 0 Å². The second kappa shape index (κ2) is 12.4. The second-order valence-electron chi connectivity index (χ2n) is 9.60. The van der Waals surface area contributed by atoms with E-state index in [9.17, 15) is 9.59 Å². The van der Waals surface area contributed by atoms with Crippen LogP contribution in [0.15, 0.2) is 53.6 Å². The standard InChI is InChI=1S/C27H34N4O3S2/c1-7-24(32)28-15-18-8-13-21(22(14-18)36-31-27(4,5)6)23-16-29-25(35-23)19-9-11-20(12-10-19)30-26(33)34-17(2)3/h8-14,16-17,31H,7,15H2,1-6H3,(H,28,32)(H,30,33). The SMILES string of the molecule is CCC(=O)NCc1ccc(-c2cnc(-c3ccc(NC(=O)OC(C)C)cc3)s2)c(SNC(C)(C)C)c1. The Labute approximate surface area is 221 Å². The summed E-state index contributed by atoms with van der Waals surface area (Å²) in [5.41, 5.74) is 3.70. The summed E-state index contributed by atoms with van der Waals surface area (Å²) in [7, 11) is 0. The first-order valence-electron chi connectivity index (χ1n) is 11.9. The average Bonchev–Trinajstić information content (AvgIpc) is 3.30. The van der Waals surface area contributed by atoms with Crippen LogP contribution in [-0.2, 0) is 16.1 Å². The quantitative estimate of drug-likeness (QED) is 0.264. The zero-order valence-electron chi connectivity index (χ0n) is 21.6. The molecule has 3 aromatic rings. The van der Waals surface area contributed by atoms with Crippen molar-refractivity contribution in [2.24, 2.45) is 0 Å². The maximum atomic E-state index is 11.8. The number of carbonyl (C=O) groups excluding carboxylic acids is 2. The van der Waals surface area contributed by atoms with E-state index in [2.05, 4.69) is 53.2 Å². The minimum Gasteiger partial charge on any atom is -0.447 e. The molecule has 7 nitrogen and oxygen atoms in total. The molecule has 0 radical (unpaired) electrons. The maximum absolute atomic E-state index is 11.8. The number of benzene rings is 2. The Morgan fingerprint density at radius 2 is 1.83 bits per heavy atom. The second-order valence-corrected chi connectivity index (χ2v) is 11.5. The first-order valence-corrected chi connectivity index (χ1v) is 13.5. The number of anilines is 1. The lowest BCUT2D eigenvalue weighted by molar-refractivity contribution is -0.120. The van der Waals surface area contributed by atoms with E-state index in [1.165, 1.54) is 0 Å². The summed E-state index contributed by atoms with van der Waals surface area (Å²) < 4.78 is 8.62. The average molecular weight is 527 g/mol. The first-order chi connectivity index (χ1) is 17.0. The summed E-state index contributed by atoms with van der Waals surface area (Å²) in [5, 5.41) is 6.56. The summed E-state index contributed by atoms with van der Waals surface area (Å²) in [6, 6.07) is 13.8. The summed E-state index contributed by atoms with van der Waals surface area (Å²) in [6.07, 6.45) is 1.71. The molecule has 0 aliphatic carbocycles. The highest BCUT2D eigenvalue weighted by Gasteiger charge is 2.16. The Morgan fingerprint density at radius 1 is 1.11 bits per heavy atom. The molecule has 3 rings (SSSR count). The molecule has 2 aromatic carbocycles. The monoisotopic (exact) mass is 526 g/mol. The molecule has 0 aliphatic heterocycles. The number of rotatable bonds is 9. The highest BCUT2D eigenvalue weighted by atomic mass is 32.2. The van der Waals surface area contributed by atoms with Gasteiger partial charge in [-0.2, -0.15) is 0 Å². The van der Waals surface area contributed by atoms with Crippen LogP contribution in [0.2, 0.25) is 0 Å². The van der Waals surface area contributed by atoms with Crippen molar-refractivity contribution in [3.05, 3.63) is 54.2 Å². The Kier molecular flexibility index (Phi) is 9.53. The smallest absolute Gasteiger partial charge is 0.411 e. The topological polar surface area (TPSA) is 92.4 Å². The number of thiazole rings is 1. The normalized spacial score (nSPS) is 11.4. The third-order valence-electron chi connectivity index (χ3n) is 4.82. The lowest BCUT2D eigenvalue weighted by Gasteiger charge is -2.21. The van der Waals surface area contributed by atoms with Crippen LogP contribution in [0.3, 0.4) is 0 Å². The van der Waals surface area contributed by atoms with E-state index < -0.39 is 6.09 Å². The van der Waals surface area contributed by atoms with Crippen molar-refractivity contribution < 1.29 is 14.3 Å². The minimum atomic E-state index is -0.471. The summed E-state index contributed by atoms with van der Waals surface area (Å²) >= 11 is 3.19. The van der Waals surface area contributed by atoms with E-state index in [-0.39, 0.29) is 17.6 Å². The van der Waals surface area contributed by atoms with E-state index in [1.54, 1.807) is 23.3 Å². The van der Waals surface area contributed by atoms with E-state index in [4.69, 9.17) is 4.74 Å². The Hall–Kier alpha value is -2.88. The summed E-state index contributed by atoms with van der Waals surface area (Å²) in [6.45, 7) is 12.3.